The molecule has 0 bridgehead atoms. The summed E-state index contributed by atoms with van der Waals surface area (Å²) in [6.45, 7) is 4.26. The number of anilines is 1. The molecular weight excluding hydrogens is 470 g/mol. The standard InChI is InChI=1S/C27H35N7O3/c1-32-13-5-8-21(32)18-37-25-30-23-17-29-12-9-22(23)24(31-25)33-14-15-34(26(35)36)27(19-33,10-11-28)16-20-6-3-2-4-7-20/h2-4,6-7,21,29H,5,8-10,12-19H2,1H3,(H,35,36). The van der Waals surface area contributed by atoms with Crippen LogP contribution in [-0.2, 0) is 19.4 Å². The van der Waals surface area contributed by atoms with Crippen LogP contribution in [0.3, 0.4) is 0 Å². The number of hydrogen-bond donors (Lipinski definition) is 2. The number of likely N-dealkylation sites (N-methyl/N-ethyl adjacent to an activating group) is 1. The largest absolute Gasteiger partial charge is 0.465 e. The highest BCUT2D eigenvalue weighted by atomic mass is 16.5. The summed E-state index contributed by atoms with van der Waals surface area (Å²) < 4.78 is 6.14. The average molecular weight is 506 g/mol. The third-order valence-corrected chi connectivity index (χ3v) is 7.94. The number of benzene rings is 1. The number of carbonyl (C=O) groups is 1. The second-order valence-corrected chi connectivity index (χ2v) is 10.3. The molecule has 1 aromatic carbocycles. The first-order chi connectivity index (χ1) is 18.0. The molecular formula is C27H35N7O3. The Labute approximate surface area is 217 Å². The number of amides is 1. The van der Waals surface area contributed by atoms with Crippen LogP contribution in [-0.4, -0.2) is 88.9 Å². The van der Waals surface area contributed by atoms with Gasteiger partial charge in [-0.1, -0.05) is 30.3 Å². The van der Waals surface area contributed by atoms with Crippen LogP contribution in [0.5, 0.6) is 6.01 Å². The summed E-state index contributed by atoms with van der Waals surface area (Å²) >= 11 is 0. The highest BCUT2D eigenvalue weighted by molar-refractivity contribution is 5.67. The van der Waals surface area contributed by atoms with Gasteiger partial charge in [0.05, 0.1) is 23.7 Å². The smallest absolute Gasteiger partial charge is 0.407 e. The van der Waals surface area contributed by atoms with Crippen molar-refractivity contribution in [3.05, 3.63) is 47.2 Å². The highest BCUT2D eigenvalue weighted by Gasteiger charge is 2.45. The topological polar surface area (TPSA) is 118 Å². The van der Waals surface area contributed by atoms with E-state index in [2.05, 4.69) is 28.2 Å². The van der Waals surface area contributed by atoms with Crippen molar-refractivity contribution in [3.63, 3.8) is 0 Å². The molecule has 10 nitrogen and oxygen atoms in total. The summed E-state index contributed by atoms with van der Waals surface area (Å²) in [5.41, 5.74) is 2.13. The van der Waals surface area contributed by atoms with E-state index >= 15 is 0 Å². The van der Waals surface area contributed by atoms with Gasteiger partial charge in [-0.15, -0.1) is 0 Å². The molecule has 3 aliphatic heterocycles. The van der Waals surface area contributed by atoms with Gasteiger partial charge in [-0.05, 0) is 51.4 Å². The predicted molar refractivity (Wildman–Crippen MR) is 139 cm³/mol. The maximum absolute atomic E-state index is 12.3. The van der Waals surface area contributed by atoms with Crippen LogP contribution in [0.2, 0.25) is 0 Å². The van der Waals surface area contributed by atoms with Crippen LogP contribution in [0.1, 0.15) is 36.1 Å². The van der Waals surface area contributed by atoms with Gasteiger partial charge in [-0.25, -0.2) is 4.79 Å². The van der Waals surface area contributed by atoms with E-state index in [1.165, 1.54) is 11.3 Å². The van der Waals surface area contributed by atoms with E-state index in [1.807, 2.05) is 30.3 Å². The molecule has 37 heavy (non-hydrogen) atoms. The third-order valence-electron chi connectivity index (χ3n) is 7.94. The SMILES string of the molecule is CN1CCCC1COc1nc2c(c(N3CCN(C(=O)O)C(CC#N)(Cc4ccccc4)C3)n1)CCNC2. The molecule has 0 spiro atoms. The second kappa shape index (κ2) is 10.9. The van der Waals surface area contributed by atoms with Crippen LogP contribution in [0.15, 0.2) is 30.3 Å². The summed E-state index contributed by atoms with van der Waals surface area (Å²) in [6.07, 6.45) is 2.61. The van der Waals surface area contributed by atoms with Gasteiger partial charge >= 0.3 is 12.1 Å². The highest BCUT2D eigenvalue weighted by Crippen LogP contribution is 2.35. The number of fused-ring (bicyclic) bond motifs is 1. The first-order valence-corrected chi connectivity index (χ1v) is 13.1. The van der Waals surface area contributed by atoms with Crippen molar-refractivity contribution >= 4 is 11.9 Å². The summed E-state index contributed by atoms with van der Waals surface area (Å²) in [5.74, 6) is 0.807. The Bertz CT molecular complexity index is 1150. The van der Waals surface area contributed by atoms with E-state index in [9.17, 15) is 15.2 Å². The fraction of sp³-hybridized carbons (Fsp3) is 0.556. The number of nitriles is 1. The second-order valence-electron chi connectivity index (χ2n) is 10.3. The number of hydrogen-bond acceptors (Lipinski definition) is 8. The fourth-order valence-corrected chi connectivity index (χ4v) is 5.95. The number of likely N-dealkylation sites (tertiary alicyclic amines) is 1. The molecule has 2 saturated heterocycles. The zero-order valence-electron chi connectivity index (χ0n) is 21.4. The maximum Gasteiger partial charge on any atom is 0.407 e. The average Bonchev–Trinajstić information content (AvgIpc) is 3.32. The summed E-state index contributed by atoms with van der Waals surface area (Å²) in [4.78, 5) is 27.9. The van der Waals surface area contributed by atoms with E-state index in [0.29, 0.717) is 51.3 Å². The van der Waals surface area contributed by atoms with Crippen LogP contribution in [0, 0.1) is 11.3 Å². The predicted octanol–water partition coefficient (Wildman–Crippen LogP) is 2.29. The van der Waals surface area contributed by atoms with E-state index in [1.54, 1.807) is 0 Å². The van der Waals surface area contributed by atoms with Gasteiger partial charge in [-0.3, -0.25) is 4.90 Å². The van der Waals surface area contributed by atoms with Crippen LogP contribution in [0.4, 0.5) is 10.6 Å². The number of aromatic nitrogens is 2. The molecule has 2 fully saturated rings. The van der Waals surface area contributed by atoms with Crippen molar-refractivity contribution in [1.29, 1.82) is 5.26 Å². The number of carboxylic acid groups (broad SMARTS) is 1. The molecule has 4 heterocycles. The van der Waals surface area contributed by atoms with Crippen LogP contribution in [0.25, 0.3) is 0 Å². The minimum absolute atomic E-state index is 0.0941. The summed E-state index contributed by atoms with van der Waals surface area (Å²) in [5, 5.41) is 23.3. The lowest BCUT2D eigenvalue weighted by Gasteiger charge is -2.49. The molecule has 0 aliphatic carbocycles. The van der Waals surface area contributed by atoms with Crippen molar-refractivity contribution < 1.29 is 14.6 Å². The lowest BCUT2D eigenvalue weighted by molar-refractivity contribution is 0.0668. The van der Waals surface area contributed by atoms with Gasteiger partial charge in [0.1, 0.15) is 12.4 Å². The van der Waals surface area contributed by atoms with Gasteiger partial charge < -0.3 is 25.0 Å². The van der Waals surface area contributed by atoms with Crippen LogP contribution >= 0.6 is 0 Å². The molecule has 1 aromatic heterocycles. The number of piperazine rings is 1. The quantitative estimate of drug-likeness (QED) is 0.584. The Morgan fingerprint density at radius 3 is 2.84 bits per heavy atom. The molecule has 5 rings (SSSR count). The Morgan fingerprint density at radius 2 is 2.11 bits per heavy atom. The van der Waals surface area contributed by atoms with Gasteiger partial charge in [0.25, 0.3) is 0 Å². The Balaban J connectivity index is 1.47. The number of ether oxygens (including phenoxy) is 1. The molecule has 2 aromatic rings. The zero-order valence-corrected chi connectivity index (χ0v) is 21.4. The lowest BCUT2D eigenvalue weighted by Crippen LogP contribution is -2.65. The van der Waals surface area contributed by atoms with Crippen molar-refractivity contribution in [2.45, 2.75) is 50.2 Å². The molecule has 0 radical (unpaired) electrons. The number of nitrogens with zero attached hydrogens (tertiary/aromatic N) is 6. The van der Waals surface area contributed by atoms with Gasteiger partial charge in [0.2, 0.25) is 0 Å². The van der Waals surface area contributed by atoms with Gasteiger partial charge in [0, 0.05) is 37.8 Å². The number of nitrogens with one attached hydrogen (secondary N) is 1. The van der Waals surface area contributed by atoms with Crippen molar-refractivity contribution in [2.75, 3.05) is 51.3 Å². The van der Waals surface area contributed by atoms with E-state index in [0.717, 1.165) is 48.6 Å². The van der Waals surface area contributed by atoms with Crippen molar-refractivity contribution in [2.24, 2.45) is 0 Å². The fourth-order valence-electron chi connectivity index (χ4n) is 5.95. The van der Waals surface area contributed by atoms with Gasteiger partial charge in [0.15, 0.2) is 0 Å². The zero-order chi connectivity index (χ0) is 25.8. The third kappa shape index (κ3) is 5.33. The van der Waals surface area contributed by atoms with E-state index in [4.69, 9.17) is 14.7 Å². The minimum atomic E-state index is -0.996. The Hall–Kier alpha value is -3.42. The Kier molecular flexibility index (Phi) is 7.44. The molecule has 3 aliphatic rings. The summed E-state index contributed by atoms with van der Waals surface area (Å²) in [6, 6.07) is 12.8. The summed E-state index contributed by atoms with van der Waals surface area (Å²) in [7, 11) is 2.12. The van der Waals surface area contributed by atoms with E-state index < -0.39 is 11.6 Å². The lowest BCUT2D eigenvalue weighted by atomic mass is 9.83. The monoisotopic (exact) mass is 505 g/mol. The Morgan fingerprint density at radius 1 is 1.27 bits per heavy atom. The van der Waals surface area contributed by atoms with Crippen molar-refractivity contribution in [1.82, 2.24) is 25.1 Å². The van der Waals surface area contributed by atoms with Crippen LogP contribution < -0.4 is 15.0 Å². The molecule has 0 saturated carbocycles. The first-order valence-electron chi connectivity index (χ1n) is 13.1. The minimum Gasteiger partial charge on any atom is -0.465 e. The van der Waals surface area contributed by atoms with Gasteiger partial charge in [-0.2, -0.15) is 15.2 Å². The molecule has 2 atom stereocenters. The normalized spacial score (nSPS) is 23.9. The molecule has 196 valence electrons. The molecule has 10 heteroatoms. The molecule has 2 unspecified atom stereocenters. The number of rotatable bonds is 7. The van der Waals surface area contributed by atoms with E-state index in [-0.39, 0.29) is 6.42 Å². The molecule has 1 amide bonds. The molecule has 2 N–H and O–H groups in total. The maximum atomic E-state index is 12.3. The van der Waals surface area contributed by atoms with Crippen molar-refractivity contribution in [3.8, 4) is 12.1 Å². The first kappa shape index (κ1) is 25.2.